The molecule has 0 N–H and O–H groups in total. The zero-order chi connectivity index (χ0) is 7.14. The molecule has 1 aromatic heterocycles. The van der Waals surface area contributed by atoms with Crippen LogP contribution in [0.25, 0.3) is 0 Å². The fraction of sp³-hybridized carbons (Fsp3) is 0.667. The summed E-state index contributed by atoms with van der Waals surface area (Å²) in [5.74, 6) is 1.86. The van der Waals surface area contributed by atoms with Gasteiger partial charge in [-0.3, -0.25) is 0 Å². The average molecular weight is 159 g/mol. The molecule has 1 aliphatic rings. The predicted octanol–water partition coefficient (Wildman–Crippen LogP) is 1.85. The van der Waals surface area contributed by atoms with E-state index in [0.717, 1.165) is 6.42 Å². The Labute approximate surface area is 63.4 Å². The number of hydrogen-bond donors (Lipinski definition) is 0. The lowest BCUT2D eigenvalue weighted by molar-refractivity contribution is 0.375. The van der Waals surface area contributed by atoms with Crippen molar-refractivity contribution in [2.75, 3.05) is 0 Å². The van der Waals surface area contributed by atoms with Crippen LogP contribution in [0.5, 0.6) is 0 Å². The molecule has 2 unspecified atom stereocenters. The fourth-order valence-corrected chi connectivity index (χ4v) is 1.15. The first-order valence-corrected chi connectivity index (χ1v) is 3.64. The van der Waals surface area contributed by atoms with Gasteiger partial charge in [0.05, 0.1) is 0 Å². The molecule has 0 saturated heterocycles. The Morgan fingerprint density at radius 3 is 2.80 bits per heavy atom. The first-order valence-electron chi connectivity index (χ1n) is 3.26. The third-order valence-electron chi connectivity index (χ3n) is 1.84. The molecule has 0 bridgehead atoms. The normalized spacial score (nSPS) is 30.6. The van der Waals surface area contributed by atoms with Crippen molar-refractivity contribution in [1.29, 1.82) is 0 Å². The predicted molar refractivity (Wildman–Crippen MR) is 35.8 cm³/mol. The summed E-state index contributed by atoms with van der Waals surface area (Å²) in [6.07, 6.45) is 1.15. The number of halogens is 1. The maximum atomic E-state index is 5.46. The number of rotatable bonds is 1. The molecule has 0 radical (unpaired) electrons. The van der Waals surface area contributed by atoms with Crippen LogP contribution in [-0.2, 0) is 0 Å². The average Bonchev–Trinajstić information content (AvgIpc) is 2.42. The smallest absolute Gasteiger partial charge is 0.263 e. The molecule has 0 aliphatic heterocycles. The summed E-state index contributed by atoms with van der Waals surface area (Å²) in [4.78, 5) is 3.91. The summed E-state index contributed by atoms with van der Waals surface area (Å²) in [5, 5.41) is 3.71. The van der Waals surface area contributed by atoms with Gasteiger partial charge in [0.2, 0.25) is 5.89 Å². The summed E-state index contributed by atoms with van der Waals surface area (Å²) >= 11 is 5.46. The molecule has 0 amide bonds. The Morgan fingerprint density at radius 2 is 2.40 bits per heavy atom. The molecule has 3 nitrogen and oxygen atoms in total. The van der Waals surface area contributed by atoms with Gasteiger partial charge in [-0.15, -0.1) is 0 Å². The van der Waals surface area contributed by atoms with E-state index in [1.54, 1.807) is 0 Å². The minimum Gasteiger partial charge on any atom is -0.338 e. The van der Waals surface area contributed by atoms with Crippen LogP contribution in [-0.4, -0.2) is 10.1 Å². The Hall–Kier alpha value is -0.570. The van der Waals surface area contributed by atoms with Crippen molar-refractivity contribution in [3.63, 3.8) is 0 Å². The van der Waals surface area contributed by atoms with E-state index in [2.05, 4.69) is 17.1 Å². The highest BCUT2D eigenvalue weighted by molar-refractivity contribution is 6.28. The molecule has 10 heavy (non-hydrogen) atoms. The van der Waals surface area contributed by atoms with Crippen molar-refractivity contribution in [3.05, 3.63) is 11.2 Å². The molecule has 4 heteroatoms. The summed E-state index contributed by atoms with van der Waals surface area (Å²) in [6.45, 7) is 2.16. The van der Waals surface area contributed by atoms with Crippen LogP contribution in [0, 0.1) is 5.92 Å². The number of aromatic nitrogens is 2. The van der Waals surface area contributed by atoms with E-state index >= 15 is 0 Å². The van der Waals surface area contributed by atoms with Crippen LogP contribution in [0.1, 0.15) is 25.2 Å². The van der Waals surface area contributed by atoms with E-state index in [4.69, 9.17) is 16.1 Å². The lowest BCUT2D eigenvalue weighted by Crippen LogP contribution is -1.78. The Kier molecular flexibility index (Phi) is 1.20. The van der Waals surface area contributed by atoms with Gasteiger partial charge in [0.1, 0.15) is 0 Å². The molecule has 1 saturated carbocycles. The molecule has 0 aromatic carbocycles. The van der Waals surface area contributed by atoms with E-state index in [-0.39, 0.29) is 5.28 Å². The highest BCUT2D eigenvalue weighted by Crippen LogP contribution is 2.46. The molecular weight excluding hydrogens is 152 g/mol. The van der Waals surface area contributed by atoms with Crippen molar-refractivity contribution >= 4 is 11.6 Å². The molecule has 1 heterocycles. The van der Waals surface area contributed by atoms with Gasteiger partial charge in [-0.2, -0.15) is 4.98 Å². The van der Waals surface area contributed by atoms with Crippen molar-refractivity contribution in [3.8, 4) is 0 Å². The monoisotopic (exact) mass is 158 g/mol. The lowest BCUT2D eigenvalue weighted by Gasteiger charge is -1.81. The first kappa shape index (κ1) is 6.16. The summed E-state index contributed by atoms with van der Waals surface area (Å²) in [5.41, 5.74) is 0. The standard InChI is InChI=1S/C6H7ClN2O/c1-3-2-4(3)5-8-6(7)9-10-5/h3-4H,2H2,1H3. The van der Waals surface area contributed by atoms with Crippen molar-refractivity contribution in [2.24, 2.45) is 5.92 Å². The van der Waals surface area contributed by atoms with Crippen molar-refractivity contribution in [1.82, 2.24) is 10.1 Å². The minimum absolute atomic E-state index is 0.217. The van der Waals surface area contributed by atoms with E-state index < -0.39 is 0 Å². The van der Waals surface area contributed by atoms with Gasteiger partial charge in [0.15, 0.2) is 0 Å². The number of hydrogen-bond acceptors (Lipinski definition) is 3. The summed E-state index contributed by atoms with van der Waals surface area (Å²) in [7, 11) is 0. The van der Waals surface area contributed by atoms with Crippen LogP contribution < -0.4 is 0 Å². The zero-order valence-corrected chi connectivity index (χ0v) is 6.30. The second kappa shape index (κ2) is 1.95. The molecule has 54 valence electrons. The molecule has 2 atom stereocenters. The zero-order valence-electron chi connectivity index (χ0n) is 5.54. The molecule has 1 fully saturated rings. The highest BCUT2D eigenvalue weighted by atomic mass is 35.5. The minimum atomic E-state index is 0.217. The Morgan fingerprint density at radius 1 is 1.70 bits per heavy atom. The maximum absolute atomic E-state index is 5.46. The van der Waals surface area contributed by atoms with E-state index in [1.807, 2.05) is 0 Å². The van der Waals surface area contributed by atoms with Gasteiger partial charge < -0.3 is 4.52 Å². The van der Waals surface area contributed by atoms with Crippen LogP contribution >= 0.6 is 11.6 Å². The van der Waals surface area contributed by atoms with Crippen LogP contribution in [0.2, 0.25) is 5.28 Å². The van der Waals surface area contributed by atoms with Crippen LogP contribution in [0.4, 0.5) is 0 Å². The van der Waals surface area contributed by atoms with Crippen molar-refractivity contribution in [2.45, 2.75) is 19.3 Å². The fourth-order valence-electron chi connectivity index (χ4n) is 1.03. The molecular formula is C6H7ClN2O. The largest absolute Gasteiger partial charge is 0.338 e. The third kappa shape index (κ3) is 0.904. The van der Waals surface area contributed by atoms with Crippen molar-refractivity contribution < 1.29 is 4.52 Å². The maximum Gasteiger partial charge on any atom is 0.263 e. The lowest BCUT2D eigenvalue weighted by atomic mass is 10.3. The quantitative estimate of drug-likeness (QED) is 0.626. The molecule has 0 spiro atoms. The van der Waals surface area contributed by atoms with E-state index in [1.165, 1.54) is 0 Å². The molecule has 2 rings (SSSR count). The second-order valence-corrected chi connectivity index (χ2v) is 3.06. The van der Waals surface area contributed by atoms with E-state index in [0.29, 0.717) is 17.7 Å². The summed E-state index contributed by atoms with van der Waals surface area (Å²) < 4.78 is 4.87. The van der Waals surface area contributed by atoms with Crippen LogP contribution in [0.15, 0.2) is 4.52 Å². The summed E-state index contributed by atoms with van der Waals surface area (Å²) in [6, 6.07) is 0. The SMILES string of the molecule is CC1CC1c1nc(Cl)no1. The van der Waals surface area contributed by atoms with Gasteiger partial charge in [-0.25, -0.2) is 0 Å². The van der Waals surface area contributed by atoms with Crippen LogP contribution in [0.3, 0.4) is 0 Å². The molecule has 1 aromatic rings. The number of nitrogens with zero attached hydrogens (tertiary/aromatic N) is 2. The Balaban J connectivity index is 2.20. The van der Waals surface area contributed by atoms with Gasteiger partial charge >= 0.3 is 0 Å². The Bertz CT molecular complexity index is 248. The van der Waals surface area contributed by atoms with Gasteiger partial charge in [0.25, 0.3) is 5.28 Å². The highest BCUT2D eigenvalue weighted by Gasteiger charge is 2.38. The topological polar surface area (TPSA) is 38.9 Å². The van der Waals surface area contributed by atoms with Gasteiger partial charge in [0, 0.05) is 5.92 Å². The van der Waals surface area contributed by atoms with Gasteiger partial charge in [-0.05, 0) is 29.1 Å². The first-order chi connectivity index (χ1) is 4.77. The van der Waals surface area contributed by atoms with E-state index in [9.17, 15) is 0 Å². The molecule has 1 aliphatic carbocycles. The van der Waals surface area contributed by atoms with Gasteiger partial charge in [-0.1, -0.05) is 6.92 Å². The third-order valence-corrected chi connectivity index (χ3v) is 2.00. The second-order valence-electron chi connectivity index (χ2n) is 2.72.